The van der Waals surface area contributed by atoms with Crippen molar-refractivity contribution >= 4 is 40.0 Å². The number of hydrogen-bond donors (Lipinski definition) is 1. The standard InChI is InChI=1S/C28H28N4O4S2/c1-5-15-32-25(19(3)36-22-14-10-9-11-18(22)2)30-31-28(32)38-17-23(33)29-26-24(27(34)35-4)21(16-37-26)20-12-7-6-8-13-20/h5-14,16,19H,1,15,17H2,2-4H3,(H,29,33). The fourth-order valence-electron chi connectivity index (χ4n) is 3.82. The summed E-state index contributed by atoms with van der Waals surface area (Å²) in [7, 11) is 1.32. The molecule has 0 radical (unpaired) electrons. The van der Waals surface area contributed by atoms with Gasteiger partial charge in [-0.25, -0.2) is 4.79 Å². The van der Waals surface area contributed by atoms with Crippen molar-refractivity contribution in [2.45, 2.75) is 31.7 Å². The van der Waals surface area contributed by atoms with Gasteiger partial charge in [0.05, 0.1) is 12.9 Å². The topological polar surface area (TPSA) is 95.3 Å². The van der Waals surface area contributed by atoms with E-state index in [1.165, 1.54) is 30.2 Å². The summed E-state index contributed by atoms with van der Waals surface area (Å²) in [4.78, 5) is 25.5. The summed E-state index contributed by atoms with van der Waals surface area (Å²) < 4.78 is 13.0. The number of amides is 1. The quantitative estimate of drug-likeness (QED) is 0.136. The number of anilines is 1. The lowest BCUT2D eigenvalue weighted by atomic mass is 10.0. The number of aromatic nitrogens is 3. The molecule has 10 heteroatoms. The summed E-state index contributed by atoms with van der Waals surface area (Å²) in [6.07, 6.45) is 1.38. The van der Waals surface area contributed by atoms with Crippen LogP contribution in [0.3, 0.4) is 0 Å². The van der Waals surface area contributed by atoms with Gasteiger partial charge in [0.1, 0.15) is 16.3 Å². The van der Waals surface area contributed by atoms with Crippen LogP contribution in [-0.4, -0.2) is 39.5 Å². The second-order valence-corrected chi connectivity index (χ2v) is 10.1. The van der Waals surface area contributed by atoms with Crippen LogP contribution in [0.25, 0.3) is 11.1 Å². The molecule has 196 valence electrons. The molecule has 1 atom stereocenters. The van der Waals surface area contributed by atoms with Crippen molar-refractivity contribution in [1.82, 2.24) is 14.8 Å². The number of hydrogen-bond acceptors (Lipinski definition) is 8. The Morgan fingerprint density at radius 3 is 2.61 bits per heavy atom. The van der Waals surface area contributed by atoms with E-state index in [-0.39, 0.29) is 17.8 Å². The Labute approximate surface area is 229 Å². The molecule has 0 spiro atoms. The molecule has 4 rings (SSSR count). The summed E-state index contributed by atoms with van der Waals surface area (Å²) in [5.41, 5.74) is 2.94. The fraction of sp³-hybridized carbons (Fsp3) is 0.214. The molecular weight excluding hydrogens is 520 g/mol. The highest BCUT2D eigenvalue weighted by atomic mass is 32.2. The van der Waals surface area contributed by atoms with Crippen LogP contribution in [0.15, 0.2) is 77.8 Å². The zero-order chi connectivity index (χ0) is 27.1. The van der Waals surface area contributed by atoms with Crippen molar-refractivity contribution in [3.05, 3.63) is 89.6 Å². The molecule has 0 fully saturated rings. The van der Waals surface area contributed by atoms with Gasteiger partial charge in [-0.1, -0.05) is 66.4 Å². The molecule has 4 aromatic rings. The van der Waals surface area contributed by atoms with E-state index in [0.717, 1.165) is 16.9 Å². The smallest absolute Gasteiger partial charge is 0.341 e. The second-order valence-electron chi connectivity index (χ2n) is 8.31. The first-order chi connectivity index (χ1) is 18.4. The number of para-hydroxylation sites is 1. The van der Waals surface area contributed by atoms with Gasteiger partial charge in [0.2, 0.25) is 5.91 Å². The predicted octanol–water partition coefficient (Wildman–Crippen LogP) is 6.16. The first-order valence-electron chi connectivity index (χ1n) is 11.9. The predicted molar refractivity (Wildman–Crippen MR) is 151 cm³/mol. The highest BCUT2D eigenvalue weighted by molar-refractivity contribution is 7.99. The molecule has 8 nitrogen and oxygen atoms in total. The number of nitrogens with zero attached hydrogens (tertiary/aromatic N) is 3. The summed E-state index contributed by atoms with van der Waals surface area (Å²) in [6, 6.07) is 17.3. The molecule has 38 heavy (non-hydrogen) atoms. The van der Waals surface area contributed by atoms with Gasteiger partial charge in [0, 0.05) is 17.5 Å². The number of carbonyl (C=O) groups excluding carboxylic acids is 2. The van der Waals surface area contributed by atoms with Gasteiger partial charge in [0.25, 0.3) is 0 Å². The van der Waals surface area contributed by atoms with Crippen molar-refractivity contribution in [3.8, 4) is 16.9 Å². The van der Waals surface area contributed by atoms with Gasteiger partial charge in [0.15, 0.2) is 17.1 Å². The Morgan fingerprint density at radius 2 is 1.89 bits per heavy atom. The number of thiophene rings is 1. The van der Waals surface area contributed by atoms with Gasteiger partial charge >= 0.3 is 5.97 Å². The number of aryl methyl sites for hydroxylation is 1. The van der Waals surface area contributed by atoms with Gasteiger partial charge in [-0.2, -0.15) is 0 Å². The molecule has 0 bridgehead atoms. The van der Waals surface area contributed by atoms with Crippen LogP contribution in [0.5, 0.6) is 5.75 Å². The Bertz CT molecular complexity index is 1430. The van der Waals surface area contributed by atoms with Crippen LogP contribution in [0.1, 0.15) is 34.8 Å². The van der Waals surface area contributed by atoms with E-state index in [1.807, 2.05) is 78.4 Å². The first-order valence-corrected chi connectivity index (χ1v) is 13.7. The number of allylic oxidation sites excluding steroid dienone is 1. The Balaban J connectivity index is 1.47. The molecule has 0 aliphatic carbocycles. The number of esters is 1. The van der Waals surface area contributed by atoms with E-state index in [0.29, 0.717) is 33.7 Å². The molecule has 0 saturated heterocycles. The number of benzene rings is 2. The minimum atomic E-state index is -0.508. The Morgan fingerprint density at radius 1 is 1.16 bits per heavy atom. The Kier molecular flexibility index (Phi) is 8.98. The third-order valence-electron chi connectivity index (χ3n) is 5.67. The lowest BCUT2D eigenvalue weighted by Gasteiger charge is -2.17. The summed E-state index contributed by atoms with van der Waals surface area (Å²) in [6.45, 7) is 8.20. The van der Waals surface area contributed by atoms with Crippen LogP contribution < -0.4 is 10.1 Å². The summed E-state index contributed by atoms with van der Waals surface area (Å²) >= 11 is 2.53. The summed E-state index contributed by atoms with van der Waals surface area (Å²) in [5.74, 6) is 0.692. The largest absolute Gasteiger partial charge is 0.482 e. The van der Waals surface area contributed by atoms with E-state index in [1.54, 1.807) is 6.08 Å². The van der Waals surface area contributed by atoms with Gasteiger partial charge in [-0.05, 0) is 31.0 Å². The molecule has 2 aromatic carbocycles. The monoisotopic (exact) mass is 548 g/mol. The number of carbonyl (C=O) groups is 2. The lowest BCUT2D eigenvalue weighted by Crippen LogP contribution is -2.17. The molecule has 1 amide bonds. The summed E-state index contributed by atoms with van der Waals surface area (Å²) in [5, 5.41) is 14.3. The van der Waals surface area contributed by atoms with E-state index in [2.05, 4.69) is 22.1 Å². The van der Waals surface area contributed by atoms with E-state index in [9.17, 15) is 9.59 Å². The maximum atomic E-state index is 12.9. The third kappa shape index (κ3) is 6.15. The van der Waals surface area contributed by atoms with Crippen molar-refractivity contribution in [1.29, 1.82) is 0 Å². The zero-order valence-electron chi connectivity index (χ0n) is 21.3. The van der Waals surface area contributed by atoms with Crippen molar-refractivity contribution in [2.24, 2.45) is 0 Å². The van der Waals surface area contributed by atoms with Crippen LogP contribution in [0, 0.1) is 6.92 Å². The maximum absolute atomic E-state index is 12.9. The van der Waals surface area contributed by atoms with Gasteiger partial charge < -0.3 is 14.8 Å². The number of methoxy groups -OCH3 is 1. The first kappa shape index (κ1) is 27.2. The molecule has 1 unspecified atom stereocenters. The normalized spacial score (nSPS) is 11.6. The SMILES string of the molecule is C=CCn1c(SCC(=O)Nc2scc(-c3ccccc3)c2C(=O)OC)nnc1C(C)Oc1ccccc1C. The molecule has 0 aliphatic rings. The van der Waals surface area contributed by atoms with Crippen LogP contribution in [0.4, 0.5) is 5.00 Å². The molecule has 2 heterocycles. The number of ether oxygens (including phenoxy) is 2. The number of thioether (sulfide) groups is 1. The average molecular weight is 549 g/mol. The van der Waals surface area contributed by atoms with E-state index in [4.69, 9.17) is 9.47 Å². The number of nitrogens with one attached hydrogen (secondary N) is 1. The van der Waals surface area contributed by atoms with Crippen molar-refractivity contribution < 1.29 is 19.1 Å². The zero-order valence-corrected chi connectivity index (χ0v) is 23.0. The highest BCUT2D eigenvalue weighted by Crippen LogP contribution is 2.36. The van der Waals surface area contributed by atoms with Crippen molar-refractivity contribution in [2.75, 3.05) is 18.2 Å². The van der Waals surface area contributed by atoms with Crippen LogP contribution in [-0.2, 0) is 16.1 Å². The second kappa shape index (κ2) is 12.6. The molecule has 0 saturated carbocycles. The molecule has 0 aliphatic heterocycles. The van der Waals surface area contributed by atoms with Crippen molar-refractivity contribution in [3.63, 3.8) is 0 Å². The van der Waals surface area contributed by atoms with Gasteiger partial charge in [-0.3, -0.25) is 9.36 Å². The van der Waals surface area contributed by atoms with Gasteiger partial charge in [-0.15, -0.1) is 28.1 Å². The fourth-order valence-corrected chi connectivity index (χ4v) is 5.55. The highest BCUT2D eigenvalue weighted by Gasteiger charge is 2.24. The Hall–Kier alpha value is -3.89. The number of rotatable bonds is 11. The molecule has 1 N–H and O–H groups in total. The van der Waals surface area contributed by atoms with E-state index < -0.39 is 5.97 Å². The maximum Gasteiger partial charge on any atom is 0.341 e. The minimum Gasteiger partial charge on any atom is -0.482 e. The van der Waals surface area contributed by atoms with Crippen LogP contribution in [0.2, 0.25) is 0 Å². The minimum absolute atomic E-state index is 0.0709. The van der Waals surface area contributed by atoms with Crippen LogP contribution >= 0.6 is 23.1 Å². The molecular formula is C28H28N4O4S2. The van der Waals surface area contributed by atoms with E-state index >= 15 is 0 Å². The molecule has 2 aromatic heterocycles. The average Bonchev–Trinajstić information content (AvgIpc) is 3.53. The third-order valence-corrected chi connectivity index (χ3v) is 7.53. The lowest BCUT2D eigenvalue weighted by molar-refractivity contribution is -0.113.